The molecule has 2 heterocycles. The minimum atomic E-state index is -0.982. The van der Waals surface area contributed by atoms with Gasteiger partial charge in [-0.2, -0.15) is 0 Å². The number of carbonyl (C=O) groups excluding carboxylic acids is 2. The van der Waals surface area contributed by atoms with E-state index in [2.05, 4.69) is 33.8 Å². The lowest BCUT2D eigenvalue weighted by Crippen LogP contribution is -2.58. The van der Waals surface area contributed by atoms with Crippen LogP contribution in [0.15, 0.2) is 11.6 Å². The maximum atomic E-state index is 13.6. The Labute approximate surface area is 204 Å². The van der Waals surface area contributed by atoms with Gasteiger partial charge in [0.05, 0.1) is 12.7 Å². The molecule has 5 fully saturated rings. The van der Waals surface area contributed by atoms with Gasteiger partial charge in [0.25, 0.3) is 0 Å². The van der Waals surface area contributed by atoms with Crippen LogP contribution in [0.3, 0.4) is 0 Å². The first-order valence-electron chi connectivity index (χ1n) is 13.8. The Morgan fingerprint density at radius 2 is 1.94 bits per heavy atom. The largest absolute Gasteiger partial charge is 0.462 e. The molecule has 0 unspecified atom stereocenters. The fourth-order valence-electron chi connectivity index (χ4n) is 9.92. The van der Waals surface area contributed by atoms with Crippen molar-refractivity contribution in [3.63, 3.8) is 0 Å². The summed E-state index contributed by atoms with van der Waals surface area (Å²) in [4.78, 5) is 25.1. The van der Waals surface area contributed by atoms with Gasteiger partial charge >= 0.3 is 5.97 Å². The molecule has 188 valence electrons. The summed E-state index contributed by atoms with van der Waals surface area (Å²) in [5.41, 5.74) is 1.89. The van der Waals surface area contributed by atoms with E-state index in [9.17, 15) is 9.59 Å². The molecule has 0 aromatic heterocycles. The zero-order chi connectivity index (χ0) is 24.0. The van der Waals surface area contributed by atoms with Crippen molar-refractivity contribution in [2.45, 2.75) is 104 Å². The van der Waals surface area contributed by atoms with Crippen molar-refractivity contribution in [3.05, 3.63) is 11.6 Å². The highest BCUT2D eigenvalue weighted by Crippen LogP contribution is 2.69. The maximum absolute atomic E-state index is 13.6. The first kappa shape index (κ1) is 23.2. The molecule has 1 spiro atoms. The molecule has 2 aliphatic heterocycles. The van der Waals surface area contributed by atoms with Gasteiger partial charge in [-0.3, -0.25) is 9.59 Å². The van der Waals surface area contributed by atoms with Crippen LogP contribution >= 0.6 is 0 Å². The minimum absolute atomic E-state index is 0.0000451. The smallest absolute Gasteiger partial charge is 0.302 e. The average Bonchev–Trinajstić information content (AvgIpc) is 3.29. The summed E-state index contributed by atoms with van der Waals surface area (Å²) in [6.07, 6.45) is 11.0. The summed E-state index contributed by atoms with van der Waals surface area (Å²) in [5.74, 6) is 1.64. The van der Waals surface area contributed by atoms with E-state index in [1.165, 1.54) is 25.3 Å². The quantitative estimate of drug-likeness (QED) is 0.376. The number of carbonyl (C=O) groups is 2. The van der Waals surface area contributed by atoms with E-state index in [1.807, 2.05) is 0 Å². The fourth-order valence-corrected chi connectivity index (χ4v) is 9.92. The molecule has 6 aliphatic rings. The molecule has 0 radical (unpaired) electrons. The van der Waals surface area contributed by atoms with Crippen LogP contribution in [0, 0.1) is 46.3 Å². The highest BCUT2D eigenvalue weighted by Gasteiger charge is 2.67. The number of ketones is 1. The minimum Gasteiger partial charge on any atom is -0.462 e. The Bertz CT molecular complexity index is 925. The van der Waals surface area contributed by atoms with Gasteiger partial charge in [0, 0.05) is 31.6 Å². The molecule has 3 saturated carbocycles. The third-order valence-corrected chi connectivity index (χ3v) is 11.4. The third kappa shape index (κ3) is 3.11. The Balaban J connectivity index is 1.28. The van der Waals surface area contributed by atoms with Crippen LogP contribution in [-0.4, -0.2) is 36.4 Å². The van der Waals surface area contributed by atoms with Crippen molar-refractivity contribution < 1.29 is 23.8 Å². The molecule has 34 heavy (non-hydrogen) atoms. The molecular weight excluding hydrogens is 428 g/mol. The number of rotatable bonds is 1. The number of Topliss-reactive ketones (excluding diaryl/α,β-unsaturated/α-hetero) is 1. The Kier molecular flexibility index (Phi) is 5.22. The second-order valence-corrected chi connectivity index (χ2v) is 13.2. The highest BCUT2D eigenvalue weighted by molar-refractivity contribution is 5.89. The molecule has 2 saturated heterocycles. The van der Waals surface area contributed by atoms with Crippen molar-refractivity contribution in [2.24, 2.45) is 46.3 Å². The van der Waals surface area contributed by atoms with Crippen LogP contribution in [0.4, 0.5) is 0 Å². The number of allylic oxidation sites excluding steroid dienone is 1. The predicted octanol–water partition coefficient (Wildman–Crippen LogP) is 5.46. The molecule has 0 amide bonds. The summed E-state index contributed by atoms with van der Waals surface area (Å²) in [6.45, 7) is 11.4. The molecule has 0 aromatic carbocycles. The van der Waals surface area contributed by atoms with Crippen molar-refractivity contribution >= 4 is 11.8 Å². The van der Waals surface area contributed by atoms with Crippen LogP contribution in [-0.2, 0) is 23.8 Å². The van der Waals surface area contributed by atoms with E-state index < -0.39 is 5.79 Å². The van der Waals surface area contributed by atoms with Crippen molar-refractivity contribution in [2.75, 3.05) is 6.61 Å². The molecule has 5 heteroatoms. The Morgan fingerprint density at radius 3 is 2.65 bits per heavy atom. The monoisotopic (exact) mass is 470 g/mol. The van der Waals surface area contributed by atoms with Crippen LogP contribution in [0.1, 0.15) is 86.0 Å². The topological polar surface area (TPSA) is 61.8 Å². The number of hydrogen-bond acceptors (Lipinski definition) is 5. The number of hydrogen-bond donors (Lipinski definition) is 0. The van der Waals surface area contributed by atoms with Gasteiger partial charge in [0.1, 0.15) is 6.10 Å². The molecule has 0 N–H and O–H groups in total. The zero-order valence-electron chi connectivity index (χ0n) is 21.6. The molecule has 11 atom stereocenters. The first-order valence-corrected chi connectivity index (χ1v) is 13.8. The lowest BCUT2D eigenvalue weighted by atomic mass is 9.47. The molecule has 5 nitrogen and oxygen atoms in total. The van der Waals surface area contributed by atoms with Crippen molar-refractivity contribution in [1.29, 1.82) is 0 Å². The van der Waals surface area contributed by atoms with Gasteiger partial charge in [-0.05, 0) is 73.0 Å². The van der Waals surface area contributed by atoms with Crippen LogP contribution in [0.25, 0.3) is 0 Å². The first-order chi connectivity index (χ1) is 16.1. The van der Waals surface area contributed by atoms with Gasteiger partial charge in [0.2, 0.25) is 5.79 Å². The van der Waals surface area contributed by atoms with Gasteiger partial charge in [-0.15, -0.1) is 0 Å². The van der Waals surface area contributed by atoms with Gasteiger partial charge < -0.3 is 14.2 Å². The lowest BCUT2D eigenvalue weighted by molar-refractivity contribution is -0.258. The second-order valence-electron chi connectivity index (χ2n) is 13.2. The summed E-state index contributed by atoms with van der Waals surface area (Å²) >= 11 is 0. The molecular formula is C29H42O5. The SMILES string of the molecule is CC(=O)O[C@H]1CC[C@@]2(C)C(=CC[C@H]3[C@@H]4C[C@@H]5O[C@]6(C[C@H](C)CO6)C(=O)[C@@H](C)[C@@H]5[C@@]4(C)CC[C@@H]32)C1. The summed E-state index contributed by atoms with van der Waals surface area (Å²) < 4.78 is 18.4. The lowest BCUT2D eigenvalue weighted by Gasteiger charge is -2.58. The van der Waals surface area contributed by atoms with E-state index in [0.29, 0.717) is 42.6 Å². The van der Waals surface area contributed by atoms with E-state index in [1.54, 1.807) is 0 Å². The van der Waals surface area contributed by atoms with Crippen molar-refractivity contribution in [3.8, 4) is 0 Å². The molecule has 0 aromatic rings. The Morgan fingerprint density at radius 1 is 1.15 bits per heavy atom. The normalized spacial score (nSPS) is 54.0. The average molecular weight is 471 g/mol. The van der Waals surface area contributed by atoms with E-state index in [-0.39, 0.29) is 40.7 Å². The number of ether oxygens (including phenoxy) is 3. The van der Waals surface area contributed by atoms with Crippen LogP contribution < -0.4 is 0 Å². The van der Waals surface area contributed by atoms with Gasteiger partial charge in [0.15, 0.2) is 5.78 Å². The van der Waals surface area contributed by atoms with Crippen molar-refractivity contribution in [1.82, 2.24) is 0 Å². The third-order valence-electron chi connectivity index (χ3n) is 11.4. The van der Waals surface area contributed by atoms with Gasteiger partial charge in [-0.25, -0.2) is 0 Å². The summed E-state index contributed by atoms with van der Waals surface area (Å²) in [7, 11) is 0. The number of esters is 1. The molecule has 0 bridgehead atoms. The summed E-state index contributed by atoms with van der Waals surface area (Å²) in [6, 6.07) is 0. The summed E-state index contributed by atoms with van der Waals surface area (Å²) in [5, 5.41) is 0. The number of fused-ring (bicyclic) bond motifs is 7. The van der Waals surface area contributed by atoms with E-state index in [0.717, 1.165) is 32.1 Å². The van der Waals surface area contributed by atoms with E-state index in [4.69, 9.17) is 14.2 Å². The van der Waals surface area contributed by atoms with Gasteiger partial charge in [-0.1, -0.05) is 39.3 Å². The Hall–Kier alpha value is -1.20. The fraction of sp³-hybridized carbons (Fsp3) is 0.862. The second kappa shape index (κ2) is 7.65. The zero-order valence-corrected chi connectivity index (χ0v) is 21.6. The molecule has 6 rings (SSSR count). The molecule has 4 aliphatic carbocycles. The van der Waals surface area contributed by atoms with E-state index >= 15 is 0 Å². The van der Waals surface area contributed by atoms with Crippen LogP contribution in [0.2, 0.25) is 0 Å². The standard InChI is InChI=1S/C29H42O5/c1-16-14-29(32-15-16)26(31)17(2)25-24(34-29)13-23-21-7-6-19-12-20(33-18(3)30)8-10-27(19,4)22(21)9-11-28(23,25)5/h6,16-17,20-25H,7-15H2,1-5H3/t16-,17-,20-,21+,22-,23-,24-,25-,27-,28-,29+/m0/s1. The maximum Gasteiger partial charge on any atom is 0.302 e. The highest BCUT2D eigenvalue weighted by atomic mass is 16.7. The predicted molar refractivity (Wildman–Crippen MR) is 128 cm³/mol. The van der Waals surface area contributed by atoms with Crippen LogP contribution in [0.5, 0.6) is 0 Å².